The molecule has 0 aliphatic rings. The highest BCUT2D eigenvalue weighted by Crippen LogP contribution is 2.48. The van der Waals surface area contributed by atoms with E-state index in [1.165, 1.54) is 21.5 Å². The fraction of sp³-hybridized carbons (Fsp3) is 0. The summed E-state index contributed by atoms with van der Waals surface area (Å²) in [5.74, 6) is 0.724. The molecule has 0 aliphatic heterocycles. The molecule has 0 radical (unpaired) electrons. The number of aromatic nitrogens is 3. The van der Waals surface area contributed by atoms with Gasteiger partial charge in [-0.2, -0.15) is 0 Å². The topological polar surface area (TPSA) is 57.0 Å². The summed E-state index contributed by atoms with van der Waals surface area (Å²) in [5, 5.41) is 14.7. The van der Waals surface area contributed by atoms with Gasteiger partial charge in [-0.25, -0.2) is 9.97 Å². The number of para-hydroxylation sites is 3. The van der Waals surface area contributed by atoms with Crippen molar-refractivity contribution >= 4 is 130 Å². The summed E-state index contributed by atoms with van der Waals surface area (Å²) < 4.78 is 17.3. The van der Waals surface area contributed by atoms with Crippen molar-refractivity contribution in [2.45, 2.75) is 0 Å². The van der Waals surface area contributed by atoms with Gasteiger partial charge in [-0.1, -0.05) is 121 Å². The molecule has 5 heterocycles. The van der Waals surface area contributed by atoms with E-state index >= 15 is 0 Å². The Hall–Kier alpha value is -7.54. The Bertz CT molecular complexity index is 4110. The maximum Gasteiger partial charge on any atom is 0.165 e. The number of hydrogen-bond acceptors (Lipinski definition) is 5. The number of nitrogens with zero attached hydrogens (tertiary/aromatic N) is 3. The standard InChI is InChI=1S/C52H27N3O2S/c1-3-14-30-26-42-38(24-28(30)12-1)45-34-18-6-5-17-33(34)44-36-19-7-9-22-40(36)55(48(44)50(45)57-42)51-46(37-21-11-20-35-32-16-8-10-23-41(32)56-49(35)37)54-52-47(53-51)39-25-29-13-2-4-15-31(29)27-43(39)58-52/h1-27H. The Morgan fingerprint density at radius 2 is 1.07 bits per heavy atom. The predicted octanol–water partition coefficient (Wildman–Crippen LogP) is 14.9. The summed E-state index contributed by atoms with van der Waals surface area (Å²) in [6.07, 6.45) is 0. The van der Waals surface area contributed by atoms with Gasteiger partial charge in [0, 0.05) is 48.0 Å². The van der Waals surface area contributed by atoms with Gasteiger partial charge in [0.05, 0.1) is 11.0 Å². The van der Waals surface area contributed by atoms with Crippen molar-refractivity contribution in [3.05, 3.63) is 164 Å². The van der Waals surface area contributed by atoms with Crippen LogP contribution in [0.25, 0.3) is 136 Å². The lowest BCUT2D eigenvalue weighted by Gasteiger charge is -2.13. The molecule has 0 spiro atoms. The maximum absolute atomic E-state index is 7.13. The number of fused-ring (bicyclic) bond motifs is 18. The minimum Gasteiger partial charge on any atom is -0.455 e. The van der Waals surface area contributed by atoms with Crippen LogP contribution in [0.2, 0.25) is 0 Å². The summed E-state index contributed by atoms with van der Waals surface area (Å²) in [5.41, 5.74) is 7.81. The zero-order chi connectivity index (χ0) is 37.6. The van der Waals surface area contributed by atoms with Crippen LogP contribution in [0.1, 0.15) is 0 Å². The maximum atomic E-state index is 7.13. The van der Waals surface area contributed by atoms with E-state index in [4.69, 9.17) is 18.8 Å². The number of thiophene rings is 1. The molecule has 0 saturated carbocycles. The van der Waals surface area contributed by atoms with Crippen LogP contribution < -0.4 is 0 Å². The van der Waals surface area contributed by atoms with Gasteiger partial charge in [0.25, 0.3) is 0 Å². The van der Waals surface area contributed by atoms with Gasteiger partial charge in [-0.15, -0.1) is 11.3 Å². The van der Waals surface area contributed by atoms with Crippen LogP contribution in [0.5, 0.6) is 0 Å². The smallest absolute Gasteiger partial charge is 0.165 e. The molecule has 9 aromatic carbocycles. The molecule has 5 aromatic heterocycles. The molecule has 0 saturated heterocycles. The number of hydrogen-bond donors (Lipinski definition) is 0. The van der Waals surface area contributed by atoms with E-state index in [-0.39, 0.29) is 0 Å². The Labute approximate surface area is 332 Å². The van der Waals surface area contributed by atoms with Crippen LogP contribution in [-0.4, -0.2) is 14.5 Å². The fourth-order valence-corrected chi connectivity index (χ4v) is 10.7. The second kappa shape index (κ2) is 11.1. The van der Waals surface area contributed by atoms with Gasteiger partial charge >= 0.3 is 0 Å². The van der Waals surface area contributed by atoms with Gasteiger partial charge in [0.2, 0.25) is 0 Å². The van der Waals surface area contributed by atoms with Crippen LogP contribution in [-0.2, 0) is 0 Å². The highest BCUT2D eigenvalue weighted by molar-refractivity contribution is 7.25. The van der Waals surface area contributed by atoms with Gasteiger partial charge in [0.1, 0.15) is 32.8 Å². The van der Waals surface area contributed by atoms with Crippen molar-refractivity contribution in [1.29, 1.82) is 0 Å². The Morgan fingerprint density at radius 3 is 1.88 bits per heavy atom. The summed E-state index contributed by atoms with van der Waals surface area (Å²) >= 11 is 1.69. The lowest BCUT2D eigenvalue weighted by atomic mass is 9.98. The Balaban J connectivity index is 1.21. The number of benzene rings is 9. The number of rotatable bonds is 2. The summed E-state index contributed by atoms with van der Waals surface area (Å²) in [6, 6.07) is 58.0. The van der Waals surface area contributed by atoms with E-state index < -0.39 is 0 Å². The number of furan rings is 2. The molecule has 0 unspecified atom stereocenters. The van der Waals surface area contributed by atoms with Crippen molar-refractivity contribution in [3.63, 3.8) is 0 Å². The van der Waals surface area contributed by atoms with Crippen molar-refractivity contribution in [2.75, 3.05) is 0 Å². The van der Waals surface area contributed by atoms with Crippen LogP contribution in [0.3, 0.4) is 0 Å². The monoisotopic (exact) mass is 757 g/mol. The normalized spacial score (nSPS) is 12.5. The first-order valence-electron chi connectivity index (χ1n) is 19.5. The quantitative estimate of drug-likeness (QED) is 0.176. The average molecular weight is 758 g/mol. The van der Waals surface area contributed by atoms with Gasteiger partial charge in [-0.05, 0) is 74.8 Å². The molecule has 0 fully saturated rings. The van der Waals surface area contributed by atoms with Crippen LogP contribution in [0, 0.1) is 0 Å². The summed E-state index contributed by atoms with van der Waals surface area (Å²) in [6.45, 7) is 0. The molecule has 0 amide bonds. The molecule has 6 heteroatoms. The second-order valence-electron chi connectivity index (χ2n) is 15.3. The van der Waals surface area contributed by atoms with E-state index in [2.05, 4.69) is 156 Å². The molecule has 0 aliphatic carbocycles. The molecular formula is C52H27N3O2S. The molecular weight excluding hydrogens is 731 g/mol. The molecule has 58 heavy (non-hydrogen) atoms. The van der Waals surface area contributed by atoms with Gasteiger partial charge in [-0.3, -0.25) is 4.57 Å². The molecule has 0 atom stereocenters. The molecule has 5 nitrogen and oxygen atoms in total. The van der Waals surface area contributed by atoms with E-state index in [1.807, 2.05) is 12.1 Å². The second-order valence-corrected chi connectivity index (χ2v) is 16.3. The first-order valence-corrected chi connectivity index (χ1v) is 20.3. The van der Waals surface area contributed by atoms with Crippen LogP contribution >= 0.6 is 11.3 Å². The zero-order valence-electron chi connectivity index (χ0n) is 30.7. The fourth-order valence-electron chi connectivity index (χ4n) is 9.60. The molecule has 268 valence electrons. The molecule has 14 aromatic rings. The van der Waals surface area contributed by atoms with Gasteiger partial charge < -0.3 is 8.83 Å². The SMILES string of the molecule is c1ccc2cc3c(cc2c1)oc1c3c2ccccc2c2c3ccccc3n(-c3nc4c(nc3-c3cccc5c3oc3ccccc35)sc3cc5ccccc5cc34)c12. The van der Waals surface area contributed by atoms with E-state index in [0.717, 1.165) is 114 Å². The minimum atomic E-state index is 0.724. The van der Waals surface area contributed by atoms with Gasteiger partial charge in [0.15, 0.2) is 11.4 Å². The average Bonchev–Trinajstić information content (AvgIpc) is 4.03. The Kier molecular flexibility index (Phi) is 5.85. The third-order valence-corrected chi connectivity index (χ3v) is 13.2. The third-order valence-electron chi connectivity index (χ3n) is 12.1. The summed E-state index contributed by atoms with van der Waals surface area (Å²) in [4.78, 5) is 12.3. The first kappa shape index (κ1) is 30.7. The zero-order valence-corrected chi connectivity index (χ0v) is 31.5. The highest BCUT2D eigenvalue weighted by atomic mass is 32.1. The largest absolute Gasteiger partial charge is 0.455 e. The lowest BCUT2D eigenvalue weighted by molar-refractivity contribution is 0.669. The van der Waals surface area contributed by atoms with Crippen molar-refractivity contribution < 1.29 is 8.83 Å². The van der Waals surface area contributed by atoms with Crippen LogP contribution in [0.15, 0.2) is 173 Å². The van der Waals surface area contributed by atoms with E-state index in [0.29, 0.717) is 0 Å². The minimum absolute atomic E-state index is 0.724. The highest BCUT2D eigenvalue weighted by Gasteiger charge is 2.28. The lowest BCUT2D eigenvalue weighted by Crippen LogP contribution is -2.03. The summed E-state index contributed by atoms with van der Waals surface area (Å²) in [7, 11) is 0. The first-order chi connectivity index (χ1) is 28.7. The molecule has 0 bridgehead atoms. The van der Waals surface area contributed by atoms with E-state index in [1.54, 1.807) is 11.3 Å². The Morgan fingerprint density at radius 1 is 0.448 bits per heavy atom. The van der Waals surface area contributed by atoms with E-state index in [9.17, 15) is 0 Å². The van der Waals surface area contributed by atoms with Crippen molar-refractivity contribution in [1.82, 2.24) is 14.5 Å². The van der Waals surface area contributed by atoms with Crippen molar-refractivity contribution in [2.24, 2.45) is 0 Å². The third kappa shape index (κ3) is 3.99. The molecule has 14 rings (SSSR count). The molecule has 0 N–H and O–H groups in total. The predicted molar refractivity (Wildman–Crippen MR) is 242 cm³/mol. The van der Waals surface area contributed by atoms with Crippen LogP contribution in [0.4, 0.5) is 0 Å². The van der Waals surface area contributed by atoms with Crippen molar-refractivity contribution in [3.8, 4) is 17.1 Å².